The molecule has 1 aromatic heterocycles. The van der Waals surface area contributed by atoms with Crippen molar-refractivity contribution in [2.45, 2.75) is 0 Å². The third-order valence-corrected chi connectivity index (χ3v) is 5.02. The Morgan fingerprint density at radius 2 is 2.00 bits per heavy atom. The van der Waals surface area contributed by atoms with Gasteiger partial charge in [0.25, 0.3) is 0 Å². The van der Waals surface area contributed by atoms with Crippen LogP contribution in [0.2, 0.25) is 0 Å². The van der Waals surface area contributed by atoms with E-state index in [-0.39, 0.29) is 0 Å². The number of hydrogen-bond donors (Lipinski definition) is 1. The van der Waals surface area contributed by atoms with Crippen molar-refractivity contribution in [3.05, 3.63) is 26.5 Å². The molecular formula is C8H4Br2OS. The summed E-state index contributed by atoms with van der Waals surface area (Å²) in [6.45, 7) is 0. The molecule has 0 aliphatic rings. The zero-order chi connectivity index (χ0) is 8.72. The molecule has 0 unspecified atom stereocenters. The molecule has 0 bridgehead atoms. The van der Waals surface area contributed by atoms with Gasteiger partial charge in [0.05, 0.1) is 8.26 Å². The number of aromatic hydroxyl groups is 1. The van der Waals surface area contributed by atoms with Crippen LogP contribution in [0.5, 0.6) is 5.75 Å². The zero-order valence-electron chi connectivity index (χ0n) is 5.84. The van der Waals surface area contributed by atoms with Gasteiger partial charge in [0.2, 0.25) is 0 Å². The molecule has 1 N–H and O–H groups in total. The highest BCUT2D eigenvalue weighted by atomic mass is 79.9. The Kier molecular flexibility index (Phi) is 2.14. The van der Waals surface area contributed by atoms with Crippen molar-refractivity contribution < 1.29 is 5.11 Å². The van der Waals surface area contributed by atoms with E-state index < -0.39 is 0 Å². The normalized spacial score (nSPS) is 10.8. The molecule has 62 valence electrons. The van der Waals surface area contributed by atoms with Gasteiger partial charge in [0.15, 0.2) is 0 Å². The molecule has 1 heterocycles. The fourth-order valence-corrected chi connectivity index (χ4v) is 3.33. The average molecular weight is 308 g/mol. The van der Waals surface area contributed by atoms with Crippen LogP contribution in [-0.4, -0.2) is 5.11 Å². The topological polar surface area (TPSA) is 20.2 Å². The van der Waals surface area contributed by atoms with E-state index in [1.165, 1.54) is 0 Å². The fraction of sp³-hybridized carbons (Fsp3) is 0. The number of fused-ring (bicyclic) bond motifs is 1. The minimum absolute atomic E-state index is 0.309. The van der Waals surface area contributed by atoms with Gasteiger partial charge in [0.1, 0.15) is 5.75 Å². The van der Waals surface area contributed by atoms with Gasteiger partial charge < -0.3 is 5.11 Å². The van der Waals surface area contributed by atoms with Crippen LogP contribution in [0.4, 0.5) is 0 Å². The van der Waals surface area contributed by atoms with Gasteiger partial charge in [-0.1, -0.05) is 0 Å². The summed E-state index contributed by atoms with van der Waals surface area (Å²) >= 11 is 8.48. The van der Waals surface area contributed by atoms with Crippen molar-refractivity contribution in [2.75, 3.05) is 0 Å². The van der Waals surface area contributed by atoms with Crippen molar-refractivity contribution in [1.82, 2.24) is 0 Å². The lowest BCUT2D eigenvalue weighted by molar-refractivity contribution is 0.476. The Balaban J connectivity index is 2.87. The van der Waals surface area contributed by atoms with Gasteiger partial charge in [-0.05, 0) is 50.1 Å². The van der Waals surface area contributed by atoms with Gasteiger partial charge in [-0.2, -0.15) is 0 Å². The summed E-state index contributed by atoms with van der Waals surface area (Å²) in [7, 11) is 0. The number of benzene rings is 1. The molecule has 2 aromatic rings. The molecule has 0 saturated heterocycles. The fourth-order valence-electron chi connectivity index (χ4n) is 1.02. The van der Waals surface area contributed by atoms with Gasteiger partial charge in [-0.3, -0.25) is 0 Å². The molecule has 1 aromatic carbocycles. The Morgan fingerprint density at radius 3 is 2.75 bits per heavy atom. The molecule has 0 aliphatic carbocycles. The largest absolute Gasteiger partial charge is 0.508 e. The van der Waals surface area contributed by atoms with Crippen molar-refractivity contribution in [2.24, 2.45) is 0 Å². The number of thiophene rings is 1. The van der Waals surface area contributed by atoms with E-state index >= 15 is 0 Å². The first-order valence-electron chi connectivity index (χ1n) is 3.25. The average Bonchev–Trinajstić information content (AvgIpc) is 2.28. The van der Waals surface area contributed by atoms with Crippen molar-refractivity contribution in [3.63, 3.8) is 0 Å². The minimum Gasteiger partial charge on any atom is -0.508 e. The van der Waals surface area contributed by atoms with Crippen LogP contribution in [0.25, 0.3) is 10.1 Å². The van der Waals surface area contributed by atoms with Crippen molar-refractivity contribution in [3.8, 4) is 5.75 Å². The summed E-state index contributed by atoms with van der Waals surface area (Å²) < 4.78 is 3.19. The van der Waals surface area contributed by atoms with Crippen LogP contribution in [-0.2, 0) is 0 Å². The highest BCUT2D eigenvalue weighted by Crippen LogP contribution is 2.40. The Morgan fingerprint density at radius 1 is 1.25 bits per heavy atom. The van der Waals surface area contributed by atoms with E-state index in [0.29, 0.717) is 5.75 Å². The van der Waals surface area contributed by atoms with Crippen LogP contribution in [0.3, 0.4) is 0 Å². The lowest BCUT2D eigenvalue weighted by Crippen LogP contribution is -1.64. The number of phenolic OH excluding ortho intramolecular Hbond substituents is 1. The monoisotopic (exact) mass is 306 g/mol. The molecule has 4 heteroatoms. The van der Waals surface area contributed by atoms with E-state index in [4.69, 9.17) is 0 Å². The van der Waals surface area contributed by atoms with Gasteiger partial charge in [-0.25, -0.2) is 0 Å². The van der Waals surface area contributed by atoms with Crippen LogP contribution < -0.4 is 0 Å². The molecule has 0 aliphatic heterocycles. The molecule has 0 radical (unpaired) electrons. The van der Waals surface area contributed by atoms with Crippen LogP contribution in [0, 0.1) is 0 Å². The summed E-state index contributed by atoms with van der Waals surface area (Å²) in [5, 5.41) is 10.3. The lowest BCUT2D eigenvalue weighted by atomic mass is 10.2. The van der Waals surface area contributed by atoms with Gasteiger partial charge in [-0.15, -0.1) is 11.3 Å². The molecular weight excluding hydrogens is 304 g/mol. The summed E-state index contributed by atoms with van der Waals surface area (Å²) in [5.41, 5.74) is 0. The second kappa shape index (κ2) is 3.01. The highest BCUT2D eigenvalue weighted by Gasteiger charge is 2.06. The first kappa shape index (κ1) is 8.53. The smallest absolute Gasteiger partial charge is 0.117 e. The molecule has 0 atom stereocenters. The lowest BCUT2D eigenvalue weighted by Gasteiger charge is -1.91. The molecule has 0 amide bonds. The third-order valence-electron chi connectivity index (χ3n) is 1.57. The number of phenols is 1. The molecule has 2 rings (SSSR count). The predicted octanol–water partition coefficient (Wildman–Crippen LogP) is 4.13. The van der Waals surface area contributed by atoms with Crippen LogP contribution in [0.1, 0.15) is 0 Å². The van der Waals surface area contributed by atoms with Crippen LogP contribution in [0.15, 0.2) is 26.5 Å². The number of rotatable bonds is 0. The molecule has 0 saturated carbocycles. The van der Waals surface area contributed by atoms with Crippen molar-refractivity contribution in [1.29, 1.82) is 0 Å². The van der Waals surface area contributed by atoms with E-state index in [1.54, 1.807) is 23.5 Å². The van der Waals surface area contributed by atoms with E-state index in [1.807, 2.05) is 6.07 Å². The maximum Gasteiger partial charge on any atom is 0.117 e. The minimum atomic E-state index is 0.309. The summed E-state index contributed by atoms with van der Waals surface area (Å²) in [6.07, 6.45) is 0. The van der Waals surface area contributed by atoms with Gasteiger partial charge in [0, 0.05) is 10.1 Å². The summed E-state index contributed by atoms with van der Waals surface area (Å²) in [5.74, 6) is 0.309. The Hall–Kier alpha value is -0.0600. The Bertz CT molecular complexity index is 436. The van der Waals surface area contributed by atoms with E-state index in [0.717, 1.165) is 18.3 Å². The number of halogens is 2. The molecule has 1 nitrogen and oxygen atoms in total. The maximum absolute atomic E-state index is 9.21. The van der Waals surface area contributed by atoms with Crippen molar-refractivity contribution >= 4 is 53.3 Å². The van der Waals surface area contributed by atoms with E-state index in [9.17, 15) is 5.11 Å². The predicted molar refractivity (Wildman–Crippen MR) is 58.9 cm³/mol. The number of hydrogen-bond acceptors (Lipinski definition) is 2. The first-order chi connectivity index (χ1) is 5.68. The molecule has 12 heavy (non-hydrogen) atoms. The third kappa shape index (κ3) is 1.28. The summed E-state index contributed by atoms with van der Waals surface area (Å²) in [4.78, 5) is 0. The second-order valence-electron chi connectivity index (χ2n) is 2.37. The van der Waals surface area contributed by atoms with Gasteiger partial charge >= 0.3 is 0 Å². The standard InChI is InChI=1S/C8H4Br2OS/c9-7-5-2-1-4(11)3-6(5)12-8(7)10/h1-3,11H. The van der Waals surface area contributed by atoms with E-state index in [2.05, 4.69) is 31.9 Å². The SMILES string of the molecule is Oc1ccc2c(Br)c(Br)sc2c1. The zero-order valence-corrected chi connectivity index (χ0v) is 9.83. The summed E-state index contributed by atoms with van der Waals surface area (Å²) in [6, 6.07) is 5.35. The first-order valence-corrected chi connectivity index (χ1v) is 5.65. The second-order valence-corrected chi connectivity index (χ2v) is 5.53. The Labute approximate surface area is 90.3 Å². The van der Waals surface area contributed by atoms with Crippen LogP contribution >= 0.6 is 43.2 Å². The molecule has 0 fully saturated rings. The highest BCUT2D eigenvalue weighted by molar-refractivity contribution is 9.13. The molecule has 0 spiro atoms. The maximum atomic E-state index is 9.21. The quantitative estimate of drug-likeness (QED) is 0.776.